The van der Waals surface area contributed by atoms with Gasteiger partial charge in [-0.25, -0.2) is 0 Å². The van der Waals surface area contributed by atoms with E-state index in [0.29, 0.717) is 0 Å². The van der Waals surface area contributed by atoms with Gasteiger partial charge in [0.25, 0.3) is 0 Å². The van der Waals surface area contributed by atoms with Gasteiger partial charge in [-0.2, -0.15) is 43.9 Å². The van der Waals surface area contributed by atoms with Crippen molar-refractivity contribution in [2.24, 2.45) is 0 Å². The second kappa shape index (κ2) is 4.77. The van der Waals surface area contributed by atoms with Gasteiger partial charge in [0, 0.05) is 0 Å². The molecule has 0 heterocycles. The molecule has 0 aliphatic rings. The summed E-state index contributed by atoms with van der Waals surface area (Å²) in [7, 11) is 0. The summed E-state index contributed by atoms with van der Waals surface area (Å²) in [5, 5.41) is 0. The molecule has 0 amide bonds. The molecule has 0 atom stereocenters. The Bertz CT molecular complexity index is 192. The predicted molar refractivity (Wildman–Crippen MR) is 23.1 cm³/mol. The van der Waals surface area contributed by atoms with E-state index in [0.717, 1.165) is 0 Å². The minimum Gasteiger partial charge on any atom is -1.00 e. The molecule has 0 aliphatic heterocycles. The van der Waals surface area contributed by atoms with Gasteiger partial charge in [0.1, 0.15) is 0 Å². The molecule has 0 bridgehead atoms. The Morgan fingerprint density at radius 2 is 0.600 bits per heavy atom. The van der Waals surface area contributed by atoms with Crippen molar-refractivity contribution in [1.82, 2.24) is 0 Å². The maximum absolute atomic E-state index is 11.6. The van der Waals surface area contributed by atoms with E-state index in [-0.39, 0.29) is 59.6 Å². The van der Waals surface area contributed by atoms with E-state index in [1.807, 2.05) is 0 Å². The molecule has 0 aromatic heterocycles. The van der Waals surface area contributed by atoms with Gasteiger partial charge >= 0.3 is 82.4 Å². The van der Waals surface area contributed by atoms with Crippen molar-refractivity contribution in [3.8, 4) is 0 Å². The van der Waals surface area contributed by atoms with Gasteiger partial charge in [-0.3, -0.25) is 0 Å². The van der Waals surface area contributed by atoms with Crippen molar-refractivity contribution in [2.45, 2.75) is 24.2 Å². The zero-order chi connectivity index (χ0) is 12.0. The van der Waals surface area contributed by atoms with Crippen molar-refractivity contribution in [2.75, 3.05) is 0 Å². The molecular weight excluding hydrogens is 323 g/mol. The smallest absolute Gasteiger partial charge is 1.00 e. The molecule has 88 valence electrons. The molecule has 0 saturated carbocycles. The summed E-state index contributed by atoms with van der Waals surface area (Å²) in [4.78, 5) is 0. The Hall–Kier alpha value is 1.11. The maximum Gasteiger partial charge on any atom is 1.00 e. The third-order valence-electron chi connectivity index (χ3n) is 1.11. The fourth-order valence-electron chi connectivity index (χ4n) is 0.356. The van der Waals surface area contributed by atoms with Crippen LogP contribution in [0.1, 0.15) is 1.43 Å². The van der Waals surface area contributed by atoms with E-state index in [9.17, 15) is 43.9 Å². The molecule has 0 rings (SSSR count). The average molecular weight is 324 g/mol. The minimum absolute atomic E-state index is 0. The largest absolute Gasteiger partial charge is 1.00 e. The summed E-state index contributed by atoms with van der Waals surface area (Å²) in [6.07, 6.45) is -13.9. The van der Waals surface area contributed by atoms with E-state index < -0.39 is 24.2 Å². The molecule has 0 aliphatic carbocycles. The molecule has 0 radical (unpaired) electrons. The molecule has 11 heteroatoms. The first kappa shape index (κ1) is 18.5. The van der Waals surface area contributed by atoms with Crippen LogP contribution in [0.5, 0.6) is 0 Å². The number of alkyl halides is 10. The van der Waals surface area contributed by atoms with E-state index in [1.54, 1.807) is 0 Å². The standard InChI is InChI=1S/C4F10.Rb.H/c5-1(6,3(9,10)11)2(7,8)4(12,13)14;;/q;+1;-1. The van der Waals surface area contributed by atoms with Crippen LogP contribution in [-0.4, -0.2) is 24.2 Å². The van der Waals surface area contributed by atoms with Gasteiger partial charge < -0.3 is 1.43 Å². The topological polar surface area (TPSA) is 0 Å². The first-order valence-electron chi connectivity index (χ1n) is 2.64. The van der Waals surface area contributed by atoms with Crippen LogP contribution in [0.25, 0.3) is 0 Å². The minimum atomic E-state index is -7.14. The van der Waals surface area contributed by atoms with Gasteiger partial charge in [-0.15, -0.1) is 0 Å². The van der Waals surface area contributed by atoms with Crippen LogP contribution in [0.4, 0.5) is 43.9 Å². The SMILES string of the molecule is FC(F)(F)C(F)(F)C(F)(F)C(F)(F)F.[H-].[Rb+]. The second-order valence-corrected chi connectivity index (χ2v) is 2.14. The first-order chi connectivity index (χ1) is 5.75. The fraction of sp³-hybridized carbons (Fsp3) is 1.00. The molecule has 0 aromatic carbocycles. The predicted octanol–water partition coefficient (Wildman–Crippen LogP) is 0.498. The monoisotopic (exact) mass is 324 g/mol. The van der Waals surface area contributed by atoms with Crippen molar-refractivity contribution in [3.05, 3.63) is 0 Å². The summed E-state index contributed by atoms with van der Waals surface area (Å²) >= 11 is 0. The van der Waals surface area contributed by atoms with Crippen LogP contribution < -0.4 is 58.2 Å². The molecule has 0 saturated heterocycles. The van der Waals surface area contributed by atoms with Crippen LogP contribution in [0, 0.1) is 0 Å². The fourth-order valence-corrected chi connectivity index (χ4v) is 0.356. The number of hydrogen-bond acceptors (Lipinski definition) is 0. The summed E-state index contributed by atoms with van der Waals surface area (Å²) < 4.78 is 113. The first-order valence-corrected chi connectivity index (χ1v) is 2.64. The van der Waals surface area contributed by atoms with Crippen LogP contribution in [0.3, 0.4) is 0 Å². The second-order valence-electron chi connectivity index (χ2n) is 2.14. The van der Waals surface area contributed by atoms with Crippen molar-refractivity contribution >= 4 is 0 Å². The zero-order valence-corrected chi connectivity index (χ0v) is 11.7. The van der Waals surface area contributed by atoms with E-state index >= 15 is 0 Å². The average Bonchev–Trinajstić information content (AvgIpc) is 1.81. The van der Waals surface area contributed by atoms with Gasteiger partial charge in [-0.1, -0.05) is 0 Å². The van der Waals surface area contributed by atoms with Crippen molar-refractivity contribution < 1.29 is 104 Å². The van der Waals surface area contributed by atoms with Crippen molar-refractivity contribution in [3.63, 3.8) is 0 Å². The molecule has 0 spiro atoms. The molecular formula is C4HF10Rb. The Morgan fingerprint density at radius 3 is 0.667 bits per heavy atom. The van der Waals surface area contributed by atoms with Crippen LogP contribution in [0.2, 0.25) is 0 Å². The number of halogens is 10. The van der Waals surface area contributed by atoms with E-state index in [2.05, 4.69) is 0 Å². The van der Waals surface area contributed by atoms with Crippen LogP contribution >= 0.6 is 0 Å². The van der Waals surface area contributed by atoms with Gasteiger partial charge in [0.15, 0.2) is 0 Å². The number of rotatable bonds is 1. The van der Waals surface area contributed by atoms with Crippen LogP contribution in [-0.2, 0) is 0 Å². The summed E-state index contributed by atoms with van der Waals surface area (Å²) in [5.41, 5.74) is 0. The molecule has 0 fully saturated rings. The maximum atomic E-state index is 11.6. The zero-order valence-electron chi connectivity index (χ0n) is 7.78. The Balaban J connectivity index is -0.000000845. The van der Waals surface area contributed by atoms with Crippen molar-refractivity contribution in [1.29, 1.82) is 0 Å². The molecule has 15 heavy (non-hydrogen) atoms. The summed E-state index contributed by atoms with van der Waals surface area (Å²) in [6.45, 7) is 0. The molecule has 0 N–H and O–H groups in total. The summed E-state index contributed by atoms with van der Waals surface area (Å²) in [6, 6.07) is 0. The Labute approximate surface area is 126 Å². The third kappa shape index (κ3) is 3.28. The Kier molecular flexibility index (Phi) is 5.87. The molecule has 0 aromatic rings. The van der Waals surface area contributed by atoms with E-state index in [4.69, 9.17) is 0 Å². The van der Waals surface area contributed by atoms with Gasteiger partial charge in [0.05, 0.1) is 0 Å². The Morgan fingerprint density at radius 1 is 0.467 bits per heavy atom. The normalized spacial score (nSPS) is 14.8. The van der Waals surface area contributed by atoms with E-state index in [1.165, 1.54) is 0 Å². The molecule has 0 nitrogen and oxygen atoms in total. The van der Waals surface area contributed by atoms with Crippen LogP contribution in [0.15, 0.2) is 0 Å². The third-order valence-corrected chi connectivity index (χ3v) is 1.11. The van der Waals surface area contributed by atoms with Gasteiger partial charge in [0.2, 0.25) is 0 Å². The van der Waals surface area contributed by atoms with Gasteiger partial charge in [-0.05, 0) is 0 Å². The summed E-state index contributed by atoms with van der Waals surface area (Å²) in [5.74, 6) is -14.3. The molecule has 0 unspecified atom stereocenters. The number of hydrogen-bond donors (Lipinski definition) is 0. The quantitative estimate of drug-likeness (QED) is 0.616.